The highest BCUT2D eigenvalue weighted by atomic mass is 16.5. The first-order valence-corrected chi connectivity index (χ1v) is 5.00. The Morgan fingerprint density at radius 1 is 1.28 bits per heavy atom. The third-order valence-corrected chi connectivity index (χ3v) is 1.99. The molecule has 0 saturated heterocycles. The molecule has 0 fully saturated rings. The molecule has 8 heteroatoms. The lowest BCUT2D eigenvalue weighted by Gasteiger charge is -2.19. The first-order valence-electron chi connectivity index (χ1n) is 5.00. The highest BCUT2D eigenvalue weighted by Crippen LogP contribution is 2.16. The number of methoxy groups -OCH3 is 1. The average molecular weight is 255 g/mol. The maximum Gasteiger partial charge on any atom is 0.323 e. The van der Waals surface area contributed by atoms with Crippen LogP contribution in [0.5, 0.6) is 5.88 Å². The number of rotatable bonds is 6. The molecule has 0 unspecified atom stereocenters. The Morgan fingerprint density at radius 2 is 1.83 bits per heavy atom. The lowest BCUT2D eigenvalue weighted by molar-refractivity contribution is -0.136. The number of anilines is 1. The Morgan fingerprint density at radius 3 is 2.28 bits per heavy atom. The molecule has 8 nitrogen and oxygen atoms in total. The number of nitrogens with zero attached hydrogens (tertiary/aromatic N) is 3. The molecule has 1 heterocycles. The average Bonchev–Trinajstić information content (AvgIpc) is 2.26. The summed E-state index contributed by atoms with van der Waals surface area (Å²) in [5.74, 6) is -1.48. The van der Waals surface area contributed by atoms with Crippen molar-refractivity contribution in [2.45, 2.75) is 6.92 Å². The van der Waals surface area contributed by atoms with Crippen molar-refractivity contribution in [3.05, 3.63) is 11.9 Å². The molecular weight excluding hydrogens is 242 g/mol. The predicted molar refractivity (Wildman–Crippen MR) is 60.8 cm³/mol. The molecule has 0 aliphatic carbocycles. The standard InChI is InChI=1S/C10H13N3O5/c1-6-11-7(3-8(12-6)18-2)13(4-9(14)15)5-10(16)17/h3H,4-5H2,1-2H3,(H,14,15)(H,16,17). The second-order valence-electron chi connectivity index (χ2n) is 3.46. The molecule has 0 aliphatic rings. The Kier molecular flexibility index (Phi) is 4.41. The normalized spacial score (nSPS) is 9.89. The van der Waals surface area contributed by atoms with Crippen molar-refractivity contribution >= 4 is 17.8 Å². The van der Waals surface area contributed by atoms with Crippen molar-refractivity contribution < 1.29 is 24.5 Å². The van der Waals surface area contributed by atoms with Crippen molar-refractivity contribution in [2.24, 2.45) is 0 Å². The molecule has 2 N–H and O–H groups in total. The van der Waals surface area contributed by atoms with E-state index in [4.69, 9.17) is 14.9 Å². The number of carboxylic acid groups (broad SMARTS) is 2. The van der Waals surface area contributed by atoms with Crippen molar-refractivity contribution in [1.82, 2.24) is 9.97 Å². The Balaban J connectivity index is 3.06. The highest BCUT2D eigenvalue weighted by Gasteiger charge is 2.17. The summed E-state index contributed by atoms with van der Waals surface area (Å²) in [5, 5.41) is 17.5. The smallest absolute Gasteiger partial charge is 0.323 e. The van der Waals surface area contributed by atoms with Crippen LogP contribution in [-0.4, -0.2) is 52.3 Å². The SMILES string of the molecule is COc1cc(N(CC(=O)O)CC(=O)O)nc(C)n1. The van der Waals surface area contributed by atoms with E-state index >= 15 is 0 Å². The van der Waals surface area contributed by atoms with E-state index in [1.165, 1.54) is 13.2 Å². The lowest BCUT2D eigenvalue weighted by atomic mass is 10.4. The van der Waals surface area contributed by atoms with Gasteiger partial charge in [0.15, 0.2) is 0 Å². The molecule has 1 aromatic heterocycles. The number of aromatic nitrogens is 2. The van der Waals surface area contributed by atoms with Crippen LogP contribution in [-0.2, 0) is 9.59 Å². The van der Waals surface area contributed by atoms with E-state index in [-0.39, 0.29) is 11.7 Å². The van der Waals surface area contributed by atoms with Gasteiger partial charge >= 0.3 is 11.9 Å². The van der Waals surface area contributed by atoms with Gasteiger partial charge in [-0.1, -0.05) is 0 Å². The molecule has 0 aliphatic heterocycles. The van der Waals surface area contributed by atoms with Crippen LogP contribution in [0.25, 0.3) is 0 Å². The van der Waals surface area contributed by atoms with Gasteiger partial charge in [0.1, 0.15) is 24.7 Å². The quantitative estimate of drug-likeness (QED) is 0.716. The molecule has 0 radical (unpaired) electrons. The number of ether oxygens (including phenoxy) is 1. The molecule has 0 aromatic carbocycles. The number of carbonyl (C=O) groups is 2. The minimum Gasteiger partial charge on any atom is -0.481 e. The van der Waals surface area contributed by atoms with Crippen LogP contribution in [0.15, 0.2) is 6.07 Å². The van der Waals surface area contributed by atoms with E-state index in [1.54, 1.807) is 6.92 Å². The van der Waals surface area contributed by atoms with Crippen LogP contribution in [0.4, 0.5) is 5.82 Å². The van der Waals surface area contributed by atoms with Gasteiger partial charge in [-0.3, -0.25) is 9.59 Å². The molecule has 0 saturated carbocycles. The lowest BCUT2D eigenvalue weighted by Crippen LogP contribution is -2.35. The summed E-state index contributed by atoms with van der Waals surface area (Å²) in [6.45, 7) is 0.670. The minimum absolute atomic E-state index is 0.198. The van der Waals surface area contributed by atoms with Crippen LogP contribution in [0.1, 0.15) is 5.82 Å². The maximum absolute atomic E-state index is 10.7. The highest BCUT2D eigenvalue weighted by molar-refractivity contribution is 5.78. The second-order valence-corrected chi connectivity index (χ2v) is 3.46. The van der Waals surface area contributed by atoms with Crippen LogP contribution in [0.3, 0.4) is 0 Å². The summed E-state index contributed by atoms with van der Waals surface area (Å²) in [6, 6.07) is 1.39. The topological polar surface area (TPSA) is 113 Å². The molecule has 18 heavy (non-hydrogen) atoms. The fraction of sp³-hybridized carbons (Fsp3) is 0.400. The van der Waals surface area contributed by atoms with Crippen molar-refractivity contribution in [2.75, 3.05) is 25.1 Å². The molecule has 98 valence electrons. The third-order valence-electron chi connectivity index (χ3n) is 1.99. The molecular formula is C10H13N3O5. The van der Waals surface area contributed by atoms with Gasteiger partial charge in [-0.15, -0.1) is 0 Å². The van der Waals surface area contributed by atoms with Crippen LogP contribution in [0, 0.1) is 6.92 Å². The van der Waals surface area contributed by atoms with E-state index < -0.39 is 25.0 Å². The third kappa shape index (κ3) is 3.89. The first-order chi connectivity index (χ1) is 8.42. The van der Waals surface area contributed by atoms with Gasteiger partial charge in [0.2, 0.25) is 5.88 Å². The van der Waals surface area contributed by atoms with Crippen molar-refractivity contribution in [3.63, 3.8) is 0 Å². The number of carboxylic acids is 2. The van der Waals surface area contributed by atoms with Crippen LogP contribution >= 0.6 is 0 Å². The molecule has 0 atom stereocenters. The van der Waals surface area contributed by atoms with E-state index in [1.807, 2.05) is 0 Å². The summed E-state index contributed by atoms with van der Waals surface area (Å²) < 4.78 is 4.92. The Hall–Kier alpha value is -2.38. The van der Waals surface area contributed by atoms with E-state index in [0.717, 1.165) is 4.90 Å². The van der Waals surface area contributed by atoms with Crippen molar-refractivity contribution in [3.8, 4) is 5.88 Å². The van der Waals surface area contributed by atoms with Crippen LogP contribution < -0.4 is 9.64 Å². The molecule has 1 aromatic rings. The molecule has 0 spiro atoms. The largest absolute Gasteiger partial charge is 0.481 e. The van der Waals surface area contributed by atoms with E-state index in [9.17, 15) is 9.59 Å². The van der Waals surface area contributed by atoms with Gasteiger partial charge in [-0.05, 0) is 6.92 Å². The molecule has 0 amide bonds. The summed E-state index contributed by atoms with van der Waals surface area (Å²) in [5.41, 5.74) is 0. The fourth-order valence-corrected chi connectivity index (χ4v) is 1.34. The minimum atomic E-state index is -1.15. The number of aryl methyl sites for hydroxylation is 1. The zero-order valence-corrected chi connectivity index (χ0v) is 9.95. The van der Waals surface area contributed by atoms with Gasteiger partial charge in [-0.25, -0.2) is 4.98 Å². The Bertz CT molecular complexity index is 447. The van der Waals surface area contributed by atoms with Gasteiger partial charge in [-0.2, -0.15) is 4.98 Å². The van der Waals surface area contributed by atoms with E-state index in [2.05, 4.69) is 9.97 Å². The fourth-order valence-electron chi connectivity index (χ4n) is 1.34. The number of hydrogen-bond acceptors (Lipinski definition) is 6. The van der Waals surface area contributed by atoms with Gasteiger partial charge in [0, 0.05) is 6.07 Å². The van der Waals surface area contributed by atoms with Gasteiger partial charge < -0.3 is 19.8 Å². The van der Waals surface area contributed by atoms with Crippen LogP contribution in [0.2, 0.25) is 0 Å². The van der Waals surface area contributed by atoms with Gasteiger partial charge in [0.25, 0.3) is 0 Å². The monoisotopic (exact) mass is 255 g/mol. The first kappa shape index (κ1) is 13.7. The summed E-state index contributed by atoms with van der Waals surface area (Å²) in [6.07, 6.45) is 0. The summed E-state index contributed by atoms with van der Waals surface area (Å²) in [7, 11) is 1.41. The van der Waals surface area contributed by atoms with Crippen molar-refractivity contribution in [1.29, 1.82) is 0 Å². The zero-order chi connectivity index (χ0) is 13.7. The zero-order valence-electron chi connectivity index (χ0n) is 9.95. The molecule has 0 bridgehead atoms. The maximum atomic E-state index is 10.7. The number of hydrogen-bond donors (Lipinski definition) is 2. The summed E-state index contributed by atoms with van der Waals surface area (Å²) in [4.78, 5) is 30.4. The Labute approximate surface area is 103 Å². The van der Waals surface area contributed by atoms with E-state index in [0.29, 0.717) is 5.82 Å². The molecule has 1 rings (SSSR count). The number of aliphatic carboxylic acids is 2. The summed E-state index contributed by atoms with van der Waals surface area (Å²) >= 11 is 0. The predicted octanol–water partition coefficient (Wildman–Crippen LogP) is -0.231. The second kappa shape index (κ2) is 5.80. The van der Waals surface area contributed by atoms with Gasteiger partial charge in [0.05, 0.1) is 7.11 Å².